The SMILES string of the molecule is O=Cc1cccc2c1CCN(P)C2. The van der Waals surface area contributed by atoms with Crippen LogP contribution in [-0.2, 0) is 13.0 Å². The Kier molecular flexibility index (Phi) is 2.43. The number of hydrogen-bond acceptors (Lipinski definition) is 2. The van der Waals surface area contributed by atoms with Crippen molar-refractivity contribution in [3.05, 3.63) is 34.9 Å². The van der Waals surface area contributed by atoms with Crippen molar-refractivity contribution in [1.82, 2.24) is 4.67 Å². The smallest absolute Gasteiger partial charge is 0.150 e. The molecule has 0 aromatic heterocycles. The van der Waals surface area contributed by atoms with Crippen molar-refractivity contribution in [2.24, 2.45) is 0 Å². The summed E-state index contributed by atoms with van der Waals surface area (Å²) in [5, 5.41) is 0. The van der Waals surface area contributed by atoms with Gasteiger partial charge in [0.15, 0.2) is 0 Å². The summed E-state index contributed by atoms with van der Waals surface area (Å²) in [6.45, 7) is 1.95. The second-order valence-electron chi connectivity index (χ2n) is 3.32. The highest BCUT2D eigenvalue weighted by atomic mass is 31.0. The van der Waals surface area contributed by atoms with Gasteiger partial charge in [-0.05, 0) is 17.5 Å². The van der Waals surface area contributed by atoms with Gasteiger partial charge in [0.2, 0.25) is 0 Å². The molecule has 13 heavy (non-hydrogen) atoms. The molecule has 1 aromatic rings. The molecule has 0 N–H and O–H groups in total. The van der Waals surface area contributed by atoms with Crippen molar-refractivity contribution in [1.29, 1.82) is 0 Å². The van der Waals surface area contributed by atoms with E-state index in [2.05, 4.69) is 20.1 Å². The van der Waals surface area contributed by atoms with Crippen molar-refractivity contribution < 1.29 is 4.79 Å². The van der Waals surface area contributed by atoms with E-state index in [1.165, 1.54) is 11.1 Å². The third-order valence-electron chi connectivity index (χ3n) is 2.46. The molecule has 0 bridgehead atoms. The van der Waals surface area contributed by atoms with Crippen LogP contribution in [0.4, 0.5) is 0 Å². The minimum atomic E-state index is 0.857. The molecule has 2 nitrogen and oxygen atoms in total. The van der Waals surface area contributed by atoms with Gasteiger partial charge in [-0.3, -0.25) is 9.46 Å². The third-order valence-corrected chi connectivity index (χ3v) is 2.90. The second-order valence-corrected chi connectivity index (χ2v) is 4.05. The fourth-order valence-electron chi connectivity index (χ4n) is 1.77. The lowest BCUT2D eigenvalue weighted by atomic mass is 9.96. The summed E-state index contributed by atoms with van der Waals surface area (Å²) < 4.78 is 2.19. The largest absolute Gasteiger partial charge is 0.298 e. The zero-order valence-electron chi connectivity index (χ0n) is 7.36. The third kappa shape index (κ3) is 1.65. The number of carbonyl (C=O) groups is 1. The predicted octanol–water partition coefficient (Wildman–Crippen LogP) is 1.65. The van der Waals surface area contributed by atoms with Gasteiger partial charge in [0, 0.05) is 18.7 Å². The zero-order chi connectivity index (χ0) is 9.26. The number of carbonyl (C=O) groups excluding carboxylic acids is 1. The highest BCUT2D eigenvalue weighted by molar-refractivity contribution is 7.13. The second kappa shape index (κ2) is 3.57. The lowest BCUT2D eigenvalue weighted by Gasteiger charge is -2.25. The number of fused-ring (bicyclic) bond motifs is 1. The summed E-state index contributed by atoms with van der Waals surface area (Å²) in [5.74, 6) is 0. The van der Waals surface area contributed by atoms with E-state index in [-0.39, 0.29) is 0 Å². The predicted molar refractivity (Wildman–Crippen MR) is 55.7 cm³/mol. The van der Waals surface area contributed by atoms with Crippen molar-refractivity contribution in [3.63, 3.8) is 0 Å². The average Bonchev–Trinajstić information content (AvgIpc) is 2.16. The summed E-state index contributed by atoms with van der Waals surface area (Å²) in [4.78, 5) is 10.7. The lowest BCUT2D eigenvalue weighted by Crippen LogP contribution is -2.22. The molecule has 0 saturated carbocycles. The van der Waals surface area contributed by atoms with E-state index in [1.54, 1.807) is 0 Å². The first-order valence-corrected chi connectivity index (χ1v) is 4.88. The minimum absolute atomic E-state index is 0.857. The maximum atomic E-state index is 10.7. The summed E-state index contributed by atoms with van der Waals surface area (Å²) in [7, 11) is 2.70. The van der Waals surface area contributed by atoms with Crippen LogP contribution in [0.2, 0.25) is 0 Å². The fourth-order valence-corrected chi connectivity index (χ4v) is 2.10. The molecule has 0 fully saturated rings. The standard InChI is InChI=1S/C10H12NOP/c12-7-9-3-1-2-8-6-11(13)5-4-10(8)9/h1-3,7H,4-6,13H2. The van der Waals surface area contributed by atoms with E-state index in [0.717, 1.165) is 31.4 Å². The Morgan fingerprint density at radius 1 is 1.46 bits per heavy atom. The number of rotatable bonds is 1. The van der Waals surface area contributed by atoms with Crippen LogP contribution in [0.1, 0.15) is 21.5 Å². The molecular formula is C10H12NOP. The van der Waals surface area contributed by atoms with Crippen LogP contribution in [0.3, 0.4) is 0 Å². The van der Waals surface area contributed by atoms with Gasteiger partial charge in [0.1, 0.15) is 6.29 Å². The van der Waals surface area contributed by atoms with Crippen molar-refractivity contribution in [2.75, 3.05) is 6.54 Å². The molecule has 68 valence electrons. The molecule has 0 radical (unpaired) electrons. The van der Waals surface area contributed by atoms with E-state index >= 15 is 0 Å². The number of benzene rings is 1. The Balaban J connectivity index is 2.45. The molecule has 0 saturated heterocycles. The quantitative estimate of drug-likeness (QED) is 0.499. The molecule has 1 heterocycles. The maximum Gasteiger partial charge on any atom is 0.150 e. The maximum absolute atomic E-state index is 10.7. The lowest BCUT2D eigenvalue weighted by molar-refractivity contribution is 0.112. The molecule has 1 aromatic carbocycles. The van der Waals surface area contributed by atoms with Crippen LogP contribution in [0.15, 0.2) is 18.2 Å². The van der Waals surface area contributed by atoms with E-state index in [4.69, 9.17) is 0 Å². The topological polar surface area (TPSA) is 20.3 Å². The Morgan fingerprint density at radius 3 is 3.08 bits per heavy atom. The molecule has 0 aliphatic carbocycles. The summed E-state index contributed by atoms with van der Waals surface area (Å²) >= 11 is 0. The highest BCUT2D eigenvalue weighted by Crippen LogP contribution is 2.23. The number of aldehydes is 1. The molecule has 1 aliphatic rings. The van der Waals surface area contributed by atoms with Gasteiger partial charge in [-0.25, -0.2) is 0 Å². The van der Waals surface area contributed by atoms with Crippen molar-refractivity contribution in [2.45, 2.75) is 13.0 Å². The van der Waals surface area contributed by atoms with Gasteiger partial charge < -0.3 is 0 Å². The van der Waals surface area contributed by atoms with Gasteiger partial charge in [0.25, 0.3) is 0 Å². The molecule has 0 amide bonds. The molecule has 1 atom stereocenters. The Hall–Kier alpha value is -0.720. The Bertz CT molecular complexity index is 338. The van der Waals surface area contributed by atoms with Gasteiger partial charge in [-0.15, -0.1) is 0 Å². The molecular weight excluding hydrogens is 181 g/mol. The average molecular weight is 193 g/mol. The zero-order valence-corrected chi connectivity index (χ0v) is 8.52. The summed E-state index contributed by atoms with van der Waals surface area (Å²) in [5.41, 5.74) is 3.37. The van der Waals surface area contributed by atoms with Crippen LogP contribution in [0.5, 0.6) is 0 Å². The molecule has 1 unspecified atom stereocenters. The first kappa shape index (κ1) is 8.86. The van der Waals surface area contributed by atoms with Gasteiger partial charge in [-0.2, -0.15) is 0 Å². The first-order valence-electron chi connectivity index (χ1n) is 4.37. The molecule has 2 rings (SSSR count). The summed E-state index contributed by atoms with van der Waals surface area (Å²) in [6.07, 6.45) is 1.94. The molecule has 0 spiro atoms. The van der Waals surface area contributed by atoms with Crippen LogP contribution >= 0.6 is 9.39 Å². The van der Waals surface area contributed by atoms with Crippen LogP contribution < -0.4 is 0 Å². The minimum Gasteiger partial charge on any atom is -0.298 e. The summed E-state index contributed by atoms with van der Waals surface area (Å²) in [6, 6.07) is 5.94. The number of hydrogen-bond donors (Lipinski definition) is 0. The Labute approximate surface area is 80.2 Å². The van der Waals surface area contributed by atoms with E-state index < -0.39 is 0 Å². The molecule has 3 heteroatoms. The van der Waals surface area contributed by atoms with Crippen molar-refractivity contribution in [3.8, 4) is 0 Å². The first-order chi connectivity index (χ1) is 6.31. The highest BCUT2D eigenvalue weighted by Gasteiger charge is 2.15. The fraction of sp³-hybridized carbons (Fsp3) is 0.300. The molecule has 1 aliphatic heterocycles. The van der Waals surface area contributed by atoms with E-state index in [0.29, 0.717) is 0 Å². The van der Waals surface area contributed by atoms with Gasteiger partial charge >= 0.3 is 0 Å². The van der Waals surface area contributed by atoms with Crippen LogP contribution in [0.25, 0.3) is 0 Å². The van der Waals surface area contributed by atoms with Crippen LogP contribution in [0, 0.1) is 0 Å². The number of nitrogens with zero attached hydrogens (tertiary/aromatic N) is 1. The van der Waals surface area contributed by atoms with Crippen LogP contribution in [-0.4, -0.2) is 17.5 Å². The van der Waals surface area contributed by atoms with Gasteiger partial charge in [-0.1, -0.05) is 27.6 Å². The normalized spacial score (nSPS) is 16.7. The van der Waals surface area contributed by atoms with Crippen molar-refractivity contribution >= 4 is 15.7 Å². The van der Waals surface area contributed by atoms with Gasteiger partial charge in [0.05, 0.1) is 0 Å². The Morgan fingerprint density at radius 2 is 2.31 bits per heavy atom. The van der Waals surface area contributed by atoms with E-state index in [1.807, 2.05) is 12.1 Å². The monoisotopic (exact) mass is 193 g/mol. The van der Waals surface area contributed by atoms with E-state index in [9.17, 15) is 4.79 Å².